The van der Waals surface area contributed by atoms with Crippen molar-refractivity contribution in [2.24, 2.45) is 7.05 Å². The number of carboxylic acid groups (broad SMARTS) is 1. The van der Waals surface area contributed by atoms with Gasteiger partial charge in [-0.05, 0) is 18.9 Å². The second-order valence-electron chi connectivity index (χ2n) is 6.18. The zero-order valence-corrected chi connectivity index (χ0v) is 14.5. The minimum absolute atomic E-state index is 0.000282. The number of hydrogen-bond acceptors (Lipinski definition) is 5. The van der Waals surface area contributed by atoms with Gasteiger partial charge >= 0.3 is 12.1 Å². The Morgan fingerprint density at radius 2 is 1.93 bits per heavy atom. The molecule has 2 amide bonds. The fourth-order valence-electron chi connectivity index (χ4n) is 2.76. The lowest BCUT2D eigenvalue weighted by Gasteiger charge is -2.43. The number of piperidine rings is 1. The number of halogens is 3. The van der Waals surface area contributed by atoms with Gasteiger partial charge in [-0.2, -0.15) is 18.3 Å². The molecule has 3 rings (SSSR count). The summed E-state index contributed by atoms with van der Waals surface area (Å²) in [5.41, 5.74) is 0.302. The van der Waals surface area contributed by atoms with E-state index in [-0.39, 0.29) is 24.0 Å². The molecule has 12 heteroatoms. The molecule has 2 aliphatic rings. The lowest BCUT2D eigenvalue weighted by Crippen LogP contribution is -2.58. The Bertz CT molecular complexity index is 699. The van der Waals surface area contributed by atoms with Crippen LogP contribution in [0.1, 0.15) is 23.3 Å². The average Bonchev–Trinajstić information content (AvgIpc) is 3.04. The lowest BCUT2D eigenvalue weighted by atomic mass is 9.90. The summed E-state index contributed by atoms with van der Waals surface area (Å²) in [7, 11) is 1.76. The minimum atomic E-state index is -5.08. The quantitative estimate of drug-likeness (QED) is 0.705. The fraction of sp³-hybridized carbons (Fsp3) is 0.600. The van der Waals surface area contributed by atoms with Gasteiger partial charge < -0.3 is 20.1 Å². The van der Waals surface area contributed by atoms with Gasteiger partial charge in [0.2, 0.25) is 5.91 Å². The molecule has 0 bridgehead atoms. The number of carbonyl (C=O) groups excluding carboxylic acids is 2. The molecule has 9 nitrogen and oxygen atoms in total. The molecule has 2 fully saturated rings. The number of aliphatic carboxylic acids is 1. The van der Waals surface area contributed by atoms with Gasteiger partial charge in [-0.1, -0.05) is 0 Å². The molecular formula is C15H19F3N4O5. The van der Waals surface area contributed by atoms with Crippen molar-refractivity contribution in [2.45, 2.75) is 24.6 Å². The van der Waals surface area contributed by atoms with E-state index in [0.29, 0.717) is 25.3 Å². The number of likely N-dealkylation sites (tertiary alicyclic amines) is 1. The zero-order chi connectivity index (χ0) is 20.2. The number of carboxylic acids is 1. The van der Waals surface area contributed by atoms with Crippen LogP contribution in [-0.2, 0) is 21.4 Å². The number of nitrogens with one attached hydrogen (secondary N) is 1. The zero-order valence-electron chi connectivity index (χ0n) is 14.5. The highest BCUT2D eigenvalue weighted by atomic mass is 19.4. The number of rotatable bonds is 1. The summed E-state index contributed by atoms with van der Waals surface area (Å²) in [6.07, 6.45) is -1.97. The molecule has 2 aliphatic heterocycles. The standard InChI is InChI=1S/C13H18N4O3.C2HF3O2/c1-16-10(2-5-15-16)12(19)17-6-3-13(4-7-17)9-14-11(18)8-20-13;3-2(4,5)1(6)7/h2,5H,3-4,6-9H2,1H3,(H,14,18);(H,6,7). The number of nitrogens with zero attached hydrogens (tertiary/aromatic N) is 3. The van der Waals surface area contributed by atoms with E-state index < -0.39 is 12.1 Å². The predicted octanol–water partition coefficient (Wildman–Crippen LogP) is 0.175. The molecule has 0 saturated carbocycles. The molecule has 0 aliphatic carbocycles. The van der Waals surface area contributed by atoms with Crippen LogP contribution in [0.4, 0.5) is 13.2 Å². The first-order valence-electron chi connectivity index (χ1n) is 8.02. The van der Waals surface area contributed by atoms with Crippen molar-refractivity contribution >= 4 is 17.8 Å². The minimum Gasteiger partial charge on any atom is -0.475 e. The Kier molecular flexibility index (Phi) is 6.08. The molecule has 0 aromatic carbocycles. The predicted molar refractivity (Wildman–Crippen MR) is 83.7 cm³/mol. The number of ether oxygens (including phenoxy) is 1. The van der Waals surface area contributed by atoms with E-state index in [9.17, 15) is 22.8 Å². The normalized spacial score (nSPS) is 19.1. The summed E-state index contributed by atoms with van der Waals surface area (Å²) in [5.74, 6) is -2.82. The van der Waals surface area contributed by atoms with E-state index in [2.05, 4.69) is 10.4 Å². The van der Waals surface area contributed by atoms with Gasteiger partial charge in [0.05, 0.1) is 5.60 Å². The van der Waals surface area contributed by atoms with Crippen LogP contribution in [0.3, 0.4) is 0 Å². The molecule has 0 unspecified atom stereocenters. The molecule has 2 saturated heterocycles. The fourth-order valence-corrected chi connectivity index (χ4v) is 2.76. The molecule has 0 atom stereocenters. The highest BCUT2D eigenvalue weighted by molar-refractivity contribution is 5.92. The Hall–Kier alpha value is -2.63. The Morgan fingerprint density at radius 3 is 2.33 bits per heavy atom. The van der Waals surface area contributed by atoms with Gasteiger partial charge in [0.1, 0.15) is 12.3 Å². The van der Waals surface area contributed by atoms with Crippen LogP contribution >= 0.6 is 0 Å². The summed E-state index contributed by atoms with van der Waals surface area (Å²) in [4.78, 5) is 34.2. The highest BCUT2D eigenvalue weighted by Gasteiger charge is 2.40. The maximum absolute atomic E-state index is 12.4. The molecule has 150 valence electrons. The van der Waals surface area contributed by atoms with E-state index in [1.54, 1.807) is 24.0 Å². The average molecular weight is 392 g/mol. The first-order valence-corrected chi connectivity index (χ1v) is 8.02. The van der Waals surface area contributed by atoms with Crippen molar-refractivity contribution in [1.29, 1.82) is 0 Å². The molecule has 0 radical (unpaired) electrons. The second-order valence-corrected chi connectivity index (χ2v) is 6.18. The van der Waals surface area contributed by atoms with Crippen molar-refractivity contribution in [3.05, 3.63) is 18.0 Å². The number of amides is 2. The van der Waals surface area contributed by atoms with Crippen molar-refractivity contribution in [1.82, 2.24) is 20.0 Å². The Balaban J connectivity index is 0.000000321. The van der Waals surface area contributed by atoms with E-state index in [4.69, 9.17) is 14.6 Å². The largest absolute Gasteiger partial charge is 0.490 e. The Morgan fingerprint density at radius 1 is 1.33 bits per heavy atom. The first-order chi connectivity index (χ1) is 12.5. The summed E-state index contributed by atoms with van der Waals surface area (Å²) in [5, 5.41) is 14.0. The molecule has 1 spiro atoms. The summed E-state index contributed by atoms with van der Waals surface area (Å²) < 4.78 is 39.0. The van der Waals surface area contributed by atoms with Gasteiger partial charge in [0.25, 0.3) is 5.91 Å². The number of aryl methyl sites for hydroxylation is 1. The molecule has 3 heterocycles. The second kappa shape index (κ2) is 7.94. The van der Waals surface area contributed by atoms with Crippen LogP contribution in [0.5, 0.6) is 0 Å². The third-order valence-corrected chi connectivity index (χ3v) is 4.36. The molecule has 2 N–H and O–H groups in total. The van der Waals surface area contributed by atoms with E-state index in [1.807, 2.05) is 4.90 Å². The van der Waals surface area contributed by atoms with Crippen molar-refractivity contribution in [2.75, 3.05) is 26.2 Å². The van der Waals surface area contributed by atoms with Crippen LogP contribution in [0, 0.1) is 0 Å². The summed E-state index contributed by atoms with van der Waals surface area (Å²) in [6, 6.07) is 1.73. The number of alkyl halides is 3. The van der Waals surface area contributed by atoms with Crippen molar-refractivity contribution in [3.63, 3.8) is 0 Å². The third kappa shape index (κ3) is 5.18. The van der Waals surface area contributed by atoms with Gasteiger partial charge in [0.15, 0.2) is 0 Å². The van der Waals surface area contributed by atoms with Crippen molar-refractivity contribution in [3.8, 4) is 0 Å². The topological polar surface area (TPSA) is 114 Å². The van der Waals surface area contributed by atoms with Crippen molar-refractivity contribution < 1.29 is 37.4 Å². The third-order valence-electron chi connectivity index (χ3n) is 4.36. The maximum Gasteiger partial charge on any atom is 0.490 e. The van der Waals surface area contributed by atoms with Gasteiger partial charge in [-0.25, -0.2) is 4.79 Å². The molecule has 1 aromatic heterocycles. The van der Waals surface area contributed by atoms with Crippen LogP contribution < -0.4 is 5.32 Å². The van der Waals surface area contributed by atoms with E-state index in [1.165, 1.54) is 0 Å². The number of hydrogen-bond donors (Lipinski definition) is 2. The SMILES string of the molecule is Cn1nccc1C(=O)N1CCC2(CC1)CNC(=O)CO2.O=C(O)C(F)(F)F. The number of morpholine rings is 1. The van der Waals surface area contributed by atoms with Crippen LogP contribution in [-0.4, -0.2) is 75.6 Å². The molecule has 1 aromatic rings. The van der Waals surface area contributed by atoms with Gasteiger partial charge in [-0.3, -0.25) is 14.3 Å². The lowest BCUT2D eigenvalue weighted by molar-refractivity contribution is -0.192. The summed E-state index contributed by atoms with van der Waals surface area (Å²) in [6.45, 7) is 1.94. The number of carbonyl (C=O) groups is 3. The number of aromatic nitrogens is 2. The molecular weight excluding hydrogens is 373 g/mol. The van der Waals surface area contributed by atoms with Crippen LogP contribution in [0.25, 0.3) is 0 Å². The van der Waals surface area contributed by atoms with Gasteiger partial charge in [0, 0.05) is 32.9 Å². The van der Waals surface area contributed by atoms with Crippen LogP contribution in [0.15, 0.2) is 12.3 Å². The van der Waals surface area contributed by atoms with Crippen LogP contribution in [0.2, 0.25) is 0 Å². The Labute approximate surface area is 152 Å². The summed E-state index contributed by atoms with van der Waals surface area (Å²) >= 11 is 0. The first kappa shape index (κ1) is 20.7. The molecule has 27 heavy (non-hydrogen) atoms. The monoisotopic (exact) mass is 392 g/mol. The smallest absolute Gasteiger partial charge is 0.475 e. The van der Waals surface area contributed by atoms with Gasteiger partial charge in [-0.15, -0.1) is 0 Å². The highest BCUT2D eigenvalue weighted by Crippen LogP contribution is 2.28. The van der Waals surface area contributed by atoms with E-state index in [0.717, 1.165) is 12.8 Å². The maximum atomic E-state index is 12.4. The van der Waals surface area contributed by atoms with E-state index >= 15 is 0 Å².